The number of anilines is 1. The predicted molar refractivity (Wildman–Crippen MR) is 84.5 cm³/mol. The average Bonchev–Trinajstić information content (AvgIpc) is 2.46. The molecule has 2 aromatic rings. The number of carbonyl (C=O) groups is 1. The first-order valence-electron chi connectivity index (χ1n) is 7.22. The van der Waals surface area contributed by atoms with Crippen molar-refractivity contribution < 1.29 is 9.90 Å². The summed E-state index contributed by atoms with van der Waals surface area (Å²) in [6.45, 7) is 5.82. The molecule has 2 aromatic heterocycles. The molecule has 1 atom stereocenters. The number of aromatic nitrogens is 3. The van der Waals surface area contributed by atoms with E-state index in [1.54, 1.807) is 12.3 Å². The van der Waals surface area contributed by atoms with Gasteiger partial charge in [-0.05, 0) is 31.4 Å². The van der Waals surface area contributed by atoms with E-state index in [9.17, 15) is 9.90 Å². The Kier molecular flexibility index (Phi) is 5.04. The van der Waals surface area contributed by atoms with Crippen molar-refractivity contribution in [2.75, 3.05) is 5.32 Å². The van der Waals surface area contributed by atoms with Crippen LogP contribution in [0.15, 0.2) is 30.5 Å². The van der Waals surface area contributed by atoms with Crippen molar-refractivity contribution in [1.82, 2.24) is 15.0 Å². The van der Waals surface area contributed by atoms with E-state index in [0.717, 1.165) is 5.69 Å². The van der Waals surface area contributed by atoms with E-state index in [0.29, 0.717) is 23.8 Å². The number of nitrogens with zero attached hydrogens (tertiary/aromatic N) is 3. The third-order valence-electron chi connectivity index (χ3n) is 3.08. The van der Waals surface area contributed by atoms with Gasteiger partial charge in [-0.1, -0.05) is 19.9 Å². The molecule has 2 rings (SSSR count). The van der Waals surface area contributed by atoms with Crippen molar-refractivity contribution in [3.63, 3.8) is 0 Å². The Morgan fingerprint density at radius 3 is 2.68 bits per heavy atom. The van der Waals surface area contributed by atoms with Gasteiger partial charge >= 0.3 is 5.97 Å². The SMILES string of the molecule is Cc1cc(N[C@@H](CC(C)C)C(=O)O)nc(-c2ccccn2)n1. The van der Waals surface area contributed by atoms with E-state index in [1.807, 2.05) is 39.0 Å². The van der Waals surface area contributed by atoms with Gasteiger partial charge in [0.25, 0.3) is 0 Å². The van der Waals surface area contributed by atoms with Gasteiger partial charge in [-0.15, -0.1) is 0 Å². The Hall–Kier alpha value is -2.50. The topological polar surface area (TPSA) is 88.0 Å². The minimum absolute atomic E-state index is 0.270. The molecule has 0 radical (unpaired) electrons. The van der Waals surface area contributed by atoms with Crippen LogP contribution in [-0.2, 0) is 4.79 Å². The Bertz CT molecular complexity index is 644. The van der Waals surface area contributed by atoms with Crippen LogP contribution in [-0.4, -0.2) is 32.1 Å². The van der Waals surface area contributed by atoms with Crippen molar-refractivity contribution in [1.29, 1.82) is 0 Å². The van der Waals surface area contributed by atoms with Gasteiger partial charge in [0.2, 0.25) is 0 Å². The van der Waals surface area contributed by atoms with Gasteiger partial charge in [0, 0.05) is 18.0 Å². The lowest BCUT2D eigenvalue weighted by Gasteiger charge is -2.17. The normalized spacial score (nSPS) is 12.2. The molecule has 0 bridgehead atoms. The fourth-order valence-corrected chi connectivity index (χ4v) is 2.12. The van der Waals surface area contributed by atoms with Gasteiger partial charge in [0.05, 0.1) is 0 Å². The van der Waals surface area contributed by atoms with Crippen molar-refractivity contribution in [3.05, 3.63) is 36.2 Å². The fraction of sp³-hybridized carbons (Fsp3) is 0.375. The largest absolute Gasteiger partial charge is 0.480 e. The lowest BCUT2D eigenvalue weighted by atomic mass is 10.0. The maximum Gasteiger partial charge on any atom is 0.326 e. The first-order chi connectivity index (χ1) is 10.5. The Labute approximate surface area is 129 Å². The first-order valence-corrected chi connectivity index (χ1v) is 7.22. The zero-order valence-electron chi connectivity index (χ0n) is 12.9. The smallest absolute Gasteiger partial charge is 0.326 e. The highest BCUT2D eigenvalue weighted by Crippen LogP contribution is 2.17. The van der Waals surface area contributed by atoms with Crippen LogP contribution in [0.25, 0.3) is 11.5 Å². The van der Waals surface area contributed by atoms with Crippen molar-refractivity contribution in [3.8, 4) is 11.5 Å². The van der Waals surface area contributed by atoms with Crippen molar-refractivity contribution >= 4 is 11.8 Å². The lowest BCUT2D eigenvalue weighted by Crippen LogP contribution is -2.31. The molecule has 116 valence electrons. The Morgan fingerprint density at radius 2 is 2.09 bits per heavy atom. The third kappa shape index (κ3) is 4.25. The summed E-state index contributed by atoms with van der Waals surface area (Å²) in [4.78, 5) is 24.3. The summed E-state index contributed by atoms with van der Waals surface area (Å²) in [5, 5.41) is 12.3. The molecule has 0 saturated heterocycles. The van der Waals surface area contributed by atoms with Crippen LogP contribution in [0.4, 0.5) is 5.82 Å². The van der Waals surface area contributed by atoms with E-state index in [-0.39, 0.29) is 5.92 Å². The minimum Gasteiger partial charge on any atom is -0.480 e. The van der Waals surface area contributed by atoms with E-state index < -0.39 is 12.0 Å². The Balaban J connectivity index is 2.28. The van der Waals surface area contributed by atoms with Crippen LogP contribution in [0.3, 0.4) is 0 Å². The van der Waals surface area contributed by atoms with Crippen LogP contribution in [0.5, 0.6) is 0 Å². The summed E-state index contributed by atoms with van der Waals surface area (Å²) in [7, 11) is 0. The van der Waals surface area contributed by atoms with Gasteiger partial charge in [-0.25, -0.2) is 14.8 Å². The minimum atomic E-state index is -0.885. The zero-order valence-corrected chi connectivity index (χ0v) is 12.9. The van der Waals surface area contributed by atoms with Crippen LogP contribution >= 0.6 is 0 Å². The summed E-state index contributed by atoms with van der Waals surface area (Å²) in [5.41, 5.74) is 1.41. The zero-order chi connectivity index (χ0) is 16.1. The summed E-state index contributed by atoms with van der Waals surface area (Å²) in [6, 6.07) is 6.57. The second-order valence-electron chi connectivity index (χ2n) is 5.60. The van der Waals surface area contributed by atoms with Gasteiger partial charge in [0.15, 0.2) is 5.82 Å². The fourth-order valence-electron chi connectivity index (χ4n) is 2.12. The summed E-state index contributed by atoms with van der Waals surface area (Å²) in [6.07, 6.45) is 2.20. The summed E-state index contributed by atoms with van der Waals surface area (Å²) >= 11 is 0. The van der Waals surface area contributed by atoms with Crippen molar-refractivity contribution in [2.45, 2.75) is 33.2 Å². The highest BCUT2D eigenvalue weighted by Gasteiger charge is 2.19. The number of carboxylic acid groups (broad SMARTS) is 1. The number of aryl methyl sites for hydroxylation is 1. The molecule has 0 fully saturated rings. The van der Waals surface area contributed by atoms with Crippen molar-refractivity contribution in [2.24, 2.45) is 5.92 Å². The Morgan fingerprint density at radius 1 is 1.32 bits per heavy atom. The second kappa shape index (κ2) is 6.98. The number of pyridine rings is 1. The molecule has 0 aromatic carbocycles. The van der Waals surface area contributed by atoms with E-state index in [1.165, 1.54) is 0 Å². The highest BCUT2D eigenvalue weighted by molar-refractivity contribution is 5.77. The van der Waals surface area contributed by atoms with Gasteiger partial charge in [0.1, 0.15) is 17.6 Å². The number of nitrogens with one attached hydrogen (secondary N) is 1. The van der Waals surface area contributed by atoms with Crippen LogP contribution < -0.4 is 5.32 Å². The quantitative estimate of drug-likeness (QED) is 0.853. The monoisotopic (exact) mass is 300 g/mol. The molecule has 22 heavy (non-hydrogen) atoms. The molecule has 2 heterocycles. The van der Waals surface area contributed by atoms with E-state index in [4.69, 9.17) is 0 Å². The predicted octanol–water partition coefficient (Wildman–Crippen LogP) is 2.76. The summed E-state index contributed by atoms with van der Waals surface area (Å²) < 4.78 is 0. The number of hydrogen-bond donors (Lipinski definition) is 2. The highest BCUT2D eigenvalue weighted by atomic mass is 16.4. The standard InChI is InChI=1S/C16H20N4O2/c1-10(2)8-13(16(21)22)19-14-9-11(3)18-15(20-14)12-6-4-5-7-17-12/h4-7,9-10,13H,8H2,1-3H3,(H,21,22)(H,18,19,20)/t13-/m0/s1. The first kappa shape index (κ1) is 15.9. The number of carboxylic acids is 1. The third-order valence-corrected chi connectivity index (χ3v) is 3.08. The van der Waals surface area contributed by atoms with E-state index in [2.05, 4.69) is 20.3 Å². The number of hydrogen-bond acceptors (Lipinski definition) is 5. The maximum atomic E-state index is 11.4. The molecule has 0 amide bonds. The van der Waals surface area contributed by atoms with Crippen LogP contribution in [0, 0.1) is 12.8 Å². The van der Waals surface area contributed by atoms with E-state index >= 15 is 0 Å². The molecule has 2 N–H and O–H groups in total. The van der Waals surface area contributed by atoms with Gasteiger partial charge < -0.3 is 10.4 Å². The van der Waals surface area contributed by atoms with Crippen LogP contribution in [0.1, 0.15) is 26.0 Å². The van der Waals surface area contributed by atoms with Crippen LogP contribution in [0.2, 0.25) is 0 Å². The molecular formula is C16H20N4O2. The maximum absolute atomic E-state index is 11.4. The number of rotatable bonds is 6. The number of aliphatic carboxylic acids is 1. The summed E-state index contributed by atoms with van der Waals surface area (Å²) in [5.74, 6) is 0.370. The molecule has 0 aliphatic heterocycles. The molecule has 6 nitrogen and oxygen atoms in total. The second-order valence-corrected chi connectivity index (χ2v) is 5.60. The molecule has 0 saturated carbocycles. The molecule has 0 aliphatic carbocycles. The average molecular weight is 300 g/mol. The lowest BCUT2D eigenvalue weighted by molar-refractivity contribution is -0.138. The molecule has 6 heteroatoms. The molecule has 0 aliphatic rings. The molecule has 0 unspecified atom stereocenters. The molecule has 0 spiro atoms. The van der Waals surface area contributed by atoms with Gasteiger partial charge in [-0.3, -0.25) is 4.98 Å². The van der Waals surface area contributed by atoms with Gasteiger partial charge in [-0.2, -0.15) is 0 Å². The molecular weight excluding hydrogens is 280 g/mol.